The highest BCUT2D eigenvalue weighted by atomic mass is 79.9. The highest BCUT2D eigenvalue weighted by Gasteiger charge is 2.28. The van der Waals surface area contributed by atoms with Crippen LogP contribution in [0.15, 0.2) is 46.9 Å². The Morgan fingerprint density at radius 3 is 2.15 bits per heavy atom. The molecule has 2 rings (SSSR count). The Hall–Kier alpha value is -2.54. The van der Waals surface area contributed by atoms with Gasteiger partial charge < -0.3 is 19.7 Å². The topological polar surface area (TPSA) is 67.9 Å². The molecular weight excluding hydrogens is 496 g/mol. The molecule has 0 aliphatic rings. The van der Waals surface area contributed by atoms with E-state index in [1.165, 1.54) is 0 Å². The van der Waals surface area contributed by atoms with Gasteiger partial charge in [0.25, 0.3) is 0 Å². The van der Waals surface area contributed by atoms with Crippen LogP contribution in [0, 0.1) is 0 Å². The van der Waals surface area contributed by atoms with Gasteiger partial charge in [-0.1, -0.05) is 34.1 Å². The van der Waals surface area contributed by atoms with Gasteiger partial charge in [0, 0.05) is 23.0 Å². The van der Waals surface area contributed by atoms with E-state index in [-0.39, 0.29) is 23.8 Å². The second kappa shape index (κ2) is 12.8. The van der Waals surface area contributed by atoms with Crippen LogP contribution in [-0.2, 0) is 22.6 Å². The summed E-state index contributed by atoms with van der Waals surface area (Å²) in [6, 6.07) is 13.0. The summed E-state index contributed by atoms with van der Waals surface area (Å²) >= 11 is 3.44. The fourth-order valence-electron chi connectivity index (χ4n) is 3.49. The van der Waals surface area contributed by atoms with Gasteiger partial charge in [0.15, 0.2) is 11.5 Å². The number of nitrogens with zero attached hydrogens (tertiary/aromatic N) is 1. The predicted molar refractivity (Wildman–Crippen MR) is 139 cm³/mol. The maximum Gasteiger partial charge on any atom is 0.242 e. The first-order valence-electron chi connectivity index (χ1n) is 11.8. The number of rotatable bonds is 11. The molecule has 0 aliphatic heterocycles. The van der Waals surface area contributed by atoms with E-state index < -0.39 is 6.04 Å². The van der Waals surface area contributed by atoms with Crippen molar-refractivity contribution in [1.82, 2.24) is 10.2 Å². The maximum absolute atomic E-state index is 13.4. The first kappa shape index (κ1) is 27.7. The molecular formula is C27H37BrN2O4. The largest absolute Gasteiger partial charge is 0.490 e. The first-order valence-corrected chi connectivity index (χ1v) is 12.6. The molecule has 2 aromatic carbocycles. The van der Waals surface area contributed by atoms with Crippen molar-refractivity contribution in [1.29, 1.82) is 0 Å². The average molecular weight is 534 g/mol. The van der Waals surface area contributed by atoms with Crippen LogP contribution in [0.4, 0.5) is 0 Å². The molecule has 6 nitrogen and oxygen atoms in total. The molecule has 0 fully saturated rings. The van der Waals surface area contributed by atoms with Crippen LogP contribution < -0.4 is 14.8 Å². The molecule has 0 spiro atoms. The van der Waals surface area contributed by atoms with Gasteiger partial charge in [0.2, 0.25) is 11.8 Å². The molecule has 2 amide bonds. The standard InChI is InChI=1S/C27H37BrN2O4/c1-7-33-23-15-11-20(17-24(23)34-8-2)12-16-25(31)30(18-21-9-13-22(28)14-10-21)19(3)26(32)29-27(4,5)6/h9-11,13-15,17,19H,7-8,12,16,18H2,1-6H3,(H,29,32)/t19-/m1/s1. The number of ether oxygens (including phenoxy) is 2. The zero-order chi connectivity index (χ0) is 25.3. The van der Waals surface area contributed by atoms with E-state index in [9.17, 15) is 9.59 Å². The molecule has 2 aromatic rings. The van der Waals surface area contributed by atoms with Gasteiger partial charge in [-0.25, -0.2) is 0 Å². The van der Waals surface area contributed by atoms with Crippen molar-refractivity contribution in [2.24, 2.45) is 0 Å². The Bertz CT molecular complexity index is 954. The summed E-state index contributed by atoms with van der Waals surface area (Å²) < 4.78 is 12.3. The minimum Gasteiger partial charge on any atom is -0.490 e. The summed E-state index contributed by atoms with van der Waals surface area (Å²) in [5.41, 5.74) is 1.57. The predicted octanol–water partition coefficient (Wildman–Crippen LogP) is 5.51. The normalized spacial score (nSPS) is 12.1. The number of carbonyl (C=O) groups excluding carboxylic acids is 2. The molecule has 34 heavy (non-hydrogen) atoms. The van der Waals surface area contributed by atoms with Crippen molar-refractivity contribution in [3.05, 3.63) is 58.1 Å². The number of hydrogen-bond donors (Lipinski definition) is 1. The van der Waals surface area contributed by atoms with E-state index in [4.69, 9.17) is 9.47 Å². The van der Waals surface area contributed by atoms with Crippen molar-refractivity contribution < 1.29 is 19.1 Å². The zero-order valence-electron chi connectivity index (χ0n) is 21.1. The van der Waals surface area contributed by atoms with Crippen molar-refractivity contribution in [2.75, 3.05) is 13.2 Å². The molecule has 1 atom stereocenters. The third-order valence-electron chi connectivity index (χ3n) is 5.17. The van der Waals surface area contributed by atoms with E-state index in [0.29, 0.717) is 37.7 Å². The maximum atomic E-state index is 13.4. The summed E-state index contributed by atoms with van der Waals surface area (Å²) in [5.74, 6) is 1.13. The van der Waals surface area contributed by atoms with E-state index in [1.807, 2.05) is 77.1 Å². The second-order valence-electron chi connectivity index (χ2n) is 9.21. The number of benzene rings is 2. The van der Waals surface area contributed by atoms with E-state index in [0.717, 1.165) is 15.6 Å². The number of hydrogen-bond acceptors (Lipinski definition) is 4. The summed E-state index contributed by atoms with van der Waals surface area (Å²) in [6.45, 7) is 12.9. The molecule has 0 bridgehead atoms. The lowest BCUT2D eigenvalue weighted by Gasteiger charge is -2.31. The van der Waals surface area contributed by atoms with Crippen LogP contribution in [-0.4, -0.2) is 41.5 Å². The van der Waals surface area contributed by atoms with Crippen LogP contribution >= 0.6 is 15.9 Å². The van der Waals surface area contributed by atoms with Gasteiger partial charge in [0.05, 0.1) is 13.2 Å². The van der Waals surface area contributed by atoms with Gasteiger partial charge >= 0.3 is 0 Å². The number of halogens is 1. The quantitative estimate of drug-likeness (QED) is 0.414. The van der Waals surface area contributed by atoms with Crippen LogP contribution in [0.2, 0.25) is 0 Å². The average Bonchev–Trinajstić information content (AvgIpc) is 2.77. The minimum absolute atomic E-state index is 0.0775. The van der Waals surface area contributed by atoms with Gasteiger partial charge in [-0.2, -0.15) is 0 Å². The second-order valence-corrected chi connectivity index (χ2v) is 10.1. The third kappa shape index (κ3) is 8.67. The van der Waals surface area contributed by atoms with Crippen molar-refractivity contribution in [2.45, 2.75) is 72.5 Å². The Balaban J connectivity index is 2.19. The summed E-state index contributed by atoms with van der Waals surface area (Å²) in [5, 5.41) is 2.99. The summed E-state index contributed by atoms with van der Waals surface area (Å²) in [4.78, 5) is 27.9. The van der Waals surface area contributed by atoms with E-state index in [2.05, 4.69) is 21.2 Å². The number of amides is 2. The summed E-state index contributed by atoms with van der Waals surface area (Å²) in [7, 11) is 0. The van der Waals surface area contributed by atoms with Crippen molar-refractivity contribution in [3.63, 3.8) is 0 Å². The molecule has 0 saturated heterocycles. The van der Waals surface area contributed by atoms with Crippen LogP contribution in [0.25, 0.3) is 0 Å². The number of nitrogens with one attached hydrogen (secondary N) is 1. The monoisotopic (exact) mass is 532 g/mol. The SMILES string of the molecule is CCOc1ccc(CCC(=O)N(Cc2ccc(Br)cc2)[C@H](C)C(=O)NC(C)(C)C)cc1OCC. The molecule has 0 heterocycles. The minimum atomic E-state index is -0.602. The lowest BCUT2D eigenvalue weighted by atomic mass is 10.1. The first-order chi connectivity index (χ1) is 16.0. The van der Waals surface area contributed by atoms with Crippen LogP contribution in [0.3, 0.4) is 0 Å². The molecule has 186 valence electrons. The fraction of sp³-hybridized carbons (Fsp3) is 0.481. The molecule has 7 heteroatoms. The number of aryl methyl sites for hydroxylation is 1. The molecule has 0 unspecified atom stereocenters. The smallest absolute Gasteiger partial charge is 0.242 e. The van der Waals surface area contributed by atoms with E-state index in [1.54, 1.807) is 11.8 Å². The van der Waals surface area contributed by atoms with Crippen LogP contribution in [0.5, 0.6) is 11.5 Å². The number of carbonyl (C=O) groups is 2. The van der Waals surface area contributed by atoms with Gasteiger partial charge in [-0.05, 0) is 83.4 Å². The Morgan fingerprint density at radius 1 is 0.971 bits per heavy atom. The van der Waals surface area contributed by atoms with Crippen LogP contribution in [0.1, 0.15) is 59.1 Å². The lowest BCUT2D eigenvalue weighted by molar-refractivity contribution is -0.141. The van der Waals surface area contributed by atoms with Gasteiger partial charge in [-0.3, -0.25) is 9.59 Å². The summed E-state index contributed by atoms with van der Waals surface area (Å²) in [6.07, 6.45) is 0.818. The molecule has 0 radical (unpaired) electrons. The van der Waals surface area contributed by atoms with E-state index >= 15 is 0 Å². The molecule has 0 saturated carbocycles. The molecule has 1 N–H and O–H groups in total. The van der Waals surface area contributed by atoms with Gasteiger partial charge in [0.1, 0.15) is 6.04 Å². The Labute approximate surface area is 212 Å². The Kier molecular flexibility index (Phi) is 10.4. The van der Waals surface area contributed by atoms with Crippen molar-refractivity contribution >= 4 is 27.7 Å². The molecule has 0 aromatic heterocycles. The zero-order valence-corrected chi connectivity index (χ0v) is 22.7. The third-order valence-corrected chi connectivity index (χ3v) is 5.70. The van der Waals surface area contributed by atoms with Gasteiger partial charge in [-0.15, -0.1) is 0 Å². The Morgan fingerprint density at radius 2 is 1.56 bits per heavy atom. The fourth-order valence-corrected chi connectivity index (χ4v) is 3.75. The lowest BCUT2D eigenvalue weighted by Crippen LogP contribution is -2.52. The highest BCUT2D eigenvalue weighted by molar-refractivity contribution is 9.10. The highest BCUT2D eigenvalue weighted by Crippen LogP contribution is 2.29. The molecule has 0 aliphatic carbocycles. The van der Waals surface area contributed by atoms with Crippen molar-refractivity contribution in [3.8, 4) is 11.5 Å².